The van der Waals surface area contributed by atoms with Crippen molar-refractivity contribution in [2.24, 2.45) is 0 Å². The molecule has 112 valence electrons. The molecule has 0 amide bonds. The highest BCUT2D eigenvalue weighted by Gasteiger charge is 2.10. The van der Waals surface area contributed by atoms with Crippen LogP contribution in [0.2, 0.25) is 0 Å². The Morgan fingerprint density at radius 1 is 1.09 bits per heavy atom. The largest absolute Gasteiger partial charge is 0.342 e. The van der Waals surface area contributed by atoms with Gasteiger partial charge in [0.25, 0.3) is 0 Å². The van der Waals surface area contributed by atoms with Gasteiger partial charge in [0, 0.05) is 38.1 Å². The number of nitrogens with zero attached hydrogens (tertiary/aromatic N) is 1. The Morgan fingerprint density at radius 3 is 2.64 bits per heavy atom. The topological polar surface area (TPSA) is 3.24 Å². The van der Waals surface area contributed by atoms with Crippen molar-refractivity contribution in [3.8, 4) is 0 Å². The zero-order chi connectivity index (χ0) is 15.5. The summed E-state index contributed by atoms with van der Waals surface area (Å²) >= 11 is 1.86. The molecule has 0 aliphatic rings. The molecule has 3 rings (SSSR count). The molecule has 2 aromatic carbocycles. The van der Waals surface area contributed by atoms with Gasteiger partial charge in [-0.05, 0) is 43.7 Å². The normalized spacial score (nSPS) is 11.5. The molecule has 3 aromatic rings. The summed E-state index contributed by atoms with van der Waals surface area (Å²) in [5, 5.41) is 2.68. The minimum atomic E-state index is 0.917. The van der Waals surface area contributed by atoms with Crippen LogP contribution in [0, 0.1) is 0 Å². The number of rotatable bonds is 5. The van der Waals surface area contributed by atoms with E-state index in [1.54, 1.807) is 0 Å². The lowest BCUT2D eigenvalue weighted by molar-refractivity contribution is 0.981. The number of likely N-dealkylation sites (N-methyl/N-ethyl adjacent to an activating group) is 1. The van der Waals surface area contributed by atoms with E-state index in [-0.39, 0.29) is 0 Å². The molecule has 0 saturated carbocycles. The molecule has 0 aliphatic heterocycles. The quantitative estimate of drug-likeness (QED) is 0.496. The van der Waals surface area contributed by atoms with Crippen LogP contribution in [0.3, 0.4) is 0 Å². The Hall–Kier alpha value is -2.06. The maximum absolute atomic E-state index is 4.21. The van der Waals surface area contributed by atoms with Crippen molar-refractivity contribution >= 4 is 37.2 Å². The lowest BCUT2D eigenvalue weighted by Crippen LogP contribution is -2.19. The predicted molar refractivity (Wildman–Crippen MR) is 101 cm³/mol. The van der Waals surface area contributed by atoms with Crippen LogP contribution >= 0.6 is 11.3 Å². The summed E-state index contributed by atoms with van der Waals surface area (Å²) < 4.78 is 2.69. The fourth-order valence-electron chi connectivity index (χ4n) is 2.78. The van der Waals surface area contributed by atoms with Gasteiger partial charge >= 0.3 is 0 Å². The standard InChI is InChI=1S/C20H21NS/c1-4-6-9-15(3)21(5-2)16-12-13-20-18(14-16)17-10-7-8-11-19(17)22-20/h6-14H,3-5H2,1-2H3/b9-6-. The van der Waals surface area contributed by atoms with E-state index in [1.165, 1.54) is 25.9 Å². The number of benzene rings is 2. The number of anilines is 1. The van der Waals surface area contributed by atoms with Crippen molar-refractivity contribution in [3.05, 3.63) is 66.9 Å². The monoisotopic (exact) mass is 307 g/mol. The molecule has 1 aromatic heterocycles. The van der Waals surface area contributed by atoms with Gasteiger partial charge in [-0.2, -0.15) is 0 Å². The average molecular weight is 307 g/mol. The van der Waals surface area contributed by atoms with Gasteiger partial charge in [-0.1, -0.05) is 37.8 Å². The predicted octanol–water partition coefficient (Wildman–Crippen LogP) is 6.36. The zero-order valence-electron chi connectivity index (χ0n) is 13.2. The Bertz CT molecular complexity index is 841. The molecule has 0 saturated heterocycles. The van der Waals surface area contributed by atoms with Crippen LogP contribution in [-0.4, -0.2) is 6.54 Å². The van der Waals surface area contributed by atoms with E-state index < -0.39 is 0 Å². The van der Waals surface area contributed by atoms with Gasteiger partial charge in [0.2, 0.25) is 0 Å². The third-order valence-corrected chi connectivity index (χ3v) is 5.03. The molecule has 0 atom stereocenters. The highest BCUT2D eigenvalue weighted by atomic mass is 32.1. The van der Waals surface area contributed by atoms with Gasteiger partial charge in [0.05, 0.1) is 0 Å². The van der Waals surface area contributed by atoms with Crippen LogP contribution < -0.4 is 4.90 Å². The molecule has 22 heavy (non-hydrogen) atoms. The van der Waals surface area contributed by atoms with Gasteiger partial charge in [-0.15, -0.1) is 11.3 Å². The maximum atomic E-state index is 4.21. The molecule has 1 nitrogen and oxygen atoms in total. The number of fused-ring (bicyclic) bond motifs is 3. The minimum absolute atomic E-state index is 0.917. The molecular formula is C20H21NS. The minimum Gasteiger partial charge on any atom is -0.342 e. The van der Waals surface area contributed by atoms with Crippen LogP contribution in [0.1, 0.15) is 20.3 Å². The van der Waals surface area contributed by atoms with Crippen LogP contribution in [-0.2, 0) is 0 Å². The van der Waals surface area contributed by atoms with E-state index in [1.807, 2.05) is 11.3 Å². The lowest BCUT2D eigenvalue weighted by Gasteiger charge is -2.23. The first-order valence-corrected chi connectivity index (χ1v) is 8.60. The molecule has 0 spiro atoms. The van der Waals surface area contributed by atoms with Gasteiger partial charge in [0.1, 0.15) is 0 Å². The van der Waals surface area contributed by atoms with E-state index in [9.17, 15) is 0 Å². The molecule has 2 heteroatoms. The van der Waals surface area contributed by atoms with Gasteiger partial charge in [0.15, 0.2) is 0 Å². The van der Waals surface area contributed by atoms with Crippen molar-refractivity contribution in [1.82, 2.24) is 0 Å². The third-order valence-electron chi connectivity index (χ3n) is 3.88. The maximum Gasteiger partial charge on any atom is 0.0417 e. The summed E-state index contributed by atoms with van der Waals surface area (Å²) in [7, 11) is 0. The van der Waals surface area contributed by atoms with E-state index in [4.69, 9.17) is 0 Å². The van der Waals surface area contributed by atoms with Crippen LogP contribution in [0.5, 0.6) is 0 Å². The fourth-order valence-corrected chi connectivity index (χ4v) is 3.86. The van der Waals surface area contributed by atoms with Gasteiger partial charge in [-0.3, -0.25) is 0 Å². The summed E-state index contributed by atoms with van der Waals surface area (Å²) in [5.74, 6) is 0. The Kier molecular flexibility index (Phi) is 4.30. The Balaban J connectivity index is 2.08. The van der Waals surface area contributed by atoms with Crippen molar-refractivity contribution in [3.63, 3.8) is 0 Å². The summed E-state index contributed by atoms with van der Waals surface area (Å²) in [6.45, 7) is 9.44. The molecule has 0 unspecified atom stereocenters. The SMILES string of the molecule is C=C(/C=C\CC)N(CC)c1ccc2sc3ccccc3c2c1. The first-order valence-electron chi connectivity index (χ1n) is 7.79. The molecule has 0 aliphatic carbocycles. The van der Waals surface area contributed by atoms with Crippen molar-refractivity contribution in [2.75, 3.05) is 11.4 Å². The molecule has 0 radical (unpaired) electrons. The number of thiophene rings is 1. The number of hydrogen-bond donors (Lipinski definition) is 0. The third kappa shape index (κ3) is 2.67. The second kappa shape index (κ2) is 6.37. The van der Waals surface area contributed by atoms with Crippen LogP contribution in [0.15, 0.2) is 66.9 Å². The van der Waals surface area contributed by atoms with Crippen molar-refractivity contribution in [2.45, 2.75) is 20.3 Å². The molecule has 0 bridgehead atoms. The summed E-state index contributed by atoms with van der Waals surface area (Å²) in [6, 6.07) is 15.3. The van der Waals surface area contributed by atoms with Crippen molar-refractivity contribution < 1.29 is 0 Å². The second-order valence-corrected chi connectivity index (χ2v) is 6.41. The van der Waals surface area contributed by atoms with E-state index in [0.717, 1.165) is 18.7 Å². The summed E-state index contributed by atoms with van der Waals surface area (Å²) in [4.78, 5) is 2.26. The molecule has 0 N–H and O–H groups in total. The van der Waals surface area contributed by atoms with E-state index in [2.05, 4.69) is 79.9 Å². The van der Waals surface area contributed by atoms with Crippen LogP contribution in [0.4, 0.5) is 5.69 Å². The summed E-state index contributed by atoms with van der Waals surface area (Å²) in [5.41, 5.74) is 2.26. The second-order valence-electron chi connectivity index (χ2n) is 5.32. The van der Waals surface area contributed by atoms with E-state index in [0.29, 0.717) is 0 Å². The summed E-state index contributed by atoms with van der Waals surface area (Å²) in [6.07, 6.45) is 5.30. The molecule has 1 heterocycles. The van der Waals surface area contributed by atoms with Crippen LogP contribution in [0.25, 0.3) is 20.2 Å². The smallest absolute Gasteiger partial charge is 0.0417 e. The number of allylic oxidation sites excluding steroid dienone is 2. The highest BCUT2D eigenvalue weighted by Crippen LogP contribution is 2.36. The first kappa shape index (κ1) is 14.9. The highest BCUT2D eigenvalue weighted by molar-refractivity contribution is 7.25. The fraction of sp³-hybridized carbons (Fsp3) is 0.200. The Morgan fingerprint density at radius 2 is 1.86 bits per heavy atom. The number of hydrogen-bond acceptors (Lipinski definition) is 2. The first-order chi connectivity index (χ1) is 10.7. The van der Waals surface area contributed by atoms with Gasteiger partial charge in [-0.25, -0.2) is 0 Å². The average Bonchev–Trinajstić information content (AvgIpc) is 2.91. The van der Waals surface area contributed by atoms with Gasteiger partial charge < -0.3 is 4.90 Å². The zero-order valence-corrected chi connectivity index (χ0v) is 14.0. The molecular weight excluding hydrogens is 286 g/mol. The van der Waals surface area contributed by atoms with Crippen molar-refractivity contribution in [1.29, 1.82) is 0 Å². The lowest BCUT2D eigenvalue weighted by atomic mass is 10.1. The Labute approximate surface area is 136 Å². The van der Waals surface area contributed by atoms with E-state index >= 15 is 0 Å². The molecule has 0 fully saturated rings.